The smallest absolute Gasteiger partial charge is 0.260 e. The Morgan fingerprint density at radius 3 is 2.89 bits per heavy atom. The zero-order chi connectivity index (χ0) is 19.1. The quantitative estimate of drug-likeness (QED) is 0.778. The molecule has 1 amide bonds. The Morgan fingerprint density at radius 2 is 2.15 bits per heavy atom. The number of amides is 1. The van der Waals surface area contributed by atoms with E-state index in [0.29, 0.717) is 11.0 Å². The predicted octanol–water partition coefficient (Wildman–Crippen LogP) is 3.27. The highest BCUT2D eigenvalue weighted by atomic mass is 32.2. The first-order valence-corrected chi connectivity index (χ1v) is 9.96. The van der Waals surface area contributed by atoms with Gasteiger partial charge in [-0.3, -0.25) is 4.79 Å². The van der Waals surface area contributed by atoms with Gasteiger partial charge in [0.25, 0.3) is 5.91 Å². The van der Waals surface area contributed by atoms with Gasteiger partial charge >= 0.3 is 0 Å². The van der Waals surface area contributed by atoms with Gasteiger partial charge in [0.1, 0.15) is 11.5 Å². The fourth-order valence-corrected chi connectivity index (χ4v) is 4.32. The summed E-state index contributed by atoms with van der Waals surface area (Å²) in [4.78, 5) is 15.5. The first-order valence-electron chi connectivity index (χ1n) is 9.08. The summed E-state index contributed by atoms with van der Waals surface area (Å²) < 4.78 is 11.1. The molecular formula is C21H25NO4S. The van der Waals surface area contributed by atoms with Gasteiger partial charge in [-0.25, -0.2) is 0 Å². The maximum atomic E-state index is 12.4. The van der Waals surface area contributed by atoms with Crippen LogP contribution < -0.4 is 4.74 Å². The second kappa shape index (κ2) is 9.67. The number of methoxy groups -OCH3 is 1. The van der Waals surface area contributed by atoms with Crippen molar-refractivity contribution < 1.29 is 19.4 Å². The van der Waals surface area contributed by atoms with Crippen LogP contribution in [0.15, 0.2) is 59.2 Å². The fraction of sp³-hybridized carbons (Fsp3) is 0.381. The van der Waals surface area contributed by atoms with Crippen molar-refractivity contribution in [1.29, 1.82) is 0 Å². The summed E-state index contributed by atoms with van der Waals surface area (Å²) >= 11 is 1.78. The van der Waals surface area contributed by atoms with E-state index >= 15 is 0 Å². The van der Waals surface area contributed by atoms with E-state index < -0.39 is 0 Å². The lowest BCUT2D eigenvalue weighted by atomic mass is 10.2. The number of rotatable bonds is 7. The molecule has 1 heterocycles. The maximum absolute atomic E-state index is 12.4. The molecule has 0 spiro atoms. The van der Waals surface area contributed by atoms with E-state index in [-0.39, 0.29) is 19.1 Å². The van der Waals surface area contributed by atoms with Gasteiger partial charge in [0.15, 0.2) is 6.61 Å². The highest BCUT2D eigenvalue weighted by Gasteiger charge is 2.28. The van der Waals surface area contributed by atoms with Crippen molar-refractivity contribution in [3.8, 4) is 5.75 Å². The van der Waals surface area contributed by atoms with E-state index in [9.17, 15) is 4.79 Å². The number of hydrogen-bond donors (Lipinski definition) is 1. The van der Waals surface area contributed by atoms with Crippen molar-refractivity contribution in [1.82, 2.24) is 4.90 Å². The summed E-state index contributed by atoms with van der Waals surface area (Å²) in [6.07, 6.45) is 10.1. The summed E-state index contributed by atoms with van der Waals surface area (Å²) in [5.74, 6) is 1.52. The minimum absolute atomic E-state index is 0.00147. The van der Waals surface area contributed by atoms with Crippen LogP contribution in [0.2, 0.25) is 0 Å². The summed E-state index contributed by atoms with van der Waals surface area (Å²) in [6.45, 7) is 1.50. The normalized spacial score (nSPS) is 19.3. The molecule has 1 aliphatic heterocycles. The third-order valence-corrected chi connectivity index (χ3v) is 5.89. The predicted molar refractivity (Wildman–Crippen MR) is 107 cm³/mol. The lowest BCUT2D eigenvalue weighted by Crippen LogP contribution is -2.33. The minimum Gasteiger partial charge on any atom is -0.496 e. The molecule has 3 rings (SSSR count). The van der Waals surface area contributed by atoms with Gasteiger partial charge in [-0.2, -0.15) is 0 Å². The van der Waals surface area contributed by atoms with Crippen molar-refractivity contribution in [3.05, 3.63) is 64.8 Å². The summed E-state index contributed by atoms with van der Waals surface area (Å²) in [6, 6.07) is 7.12. The fourth-order valence-electron chi connectivity index (χ4n) is 3.02. The number of carbonyl (C=O) groups is 1. The molecule has 144 valence electrons. The SMILES string of the molecule is COC1=CC=CCC=C1SC1CCN(C(=O)COc2ccc(CO)cc2)C1. The van der Waals surface area contributed by atoms with Gasteiger partial charge in [0, 0.05) is 23.2 Å². The molecule has 1 aliphatic carbocycles. The molecule has 0 saturated carbocycles. The largest absolute Gasteiger partial charge is 0.496 e. The summed E-state index contributed by atoms with van der Waals surface area (Å²) in [7, 11) is 1.69. The van der Waals surface area contributed by atoms with E-state index in [0.717, 1.165) is 42.2 Å². The van der Waals surface area contributed by atoms with E-state index in [1.807, 2.05) is 17.1 Å². The molecule has 0 aromatic heterocycles. The van der Waals surface area contributed by atoms with Crippen LogP contribution in [0.3, 0.4) is 0 Å². The Hall–Kier alpha value is -2.18. The minimum atomic E-state index is -0.00147. The average molecular weight is 388 g/mol. The maximum Gasteiger partial charge on any atom is 0.260 e. The number of aliphatic hydroxyl groups is 1. The third kappa shape index (κ3) is 5.40. The standard InChI is InChI=1S/C21H25NO4S/c1-25-19-5-3-2-4-6-20(19)27-18-11-12-22(13-18)21(24)15-26-17-9-7-16(14-23)8-10-17/h2-3,5-10,18,23H,4,11-15H2,1H3. The van der Waals surface area contributed by atoms with Crippen LogP contribution in [0.25, 0.3) is 0 Å². The molecule has 1 aromatic rings. The van der Waals surface area contributed by atoms with E-state index in [1.54, 1.807) is 43.1 Å². The molecule has 1 aromatic carbocycles. The second-order valence-electron chi connectivity index (χ2n) is 6.43. The number of likely N-dealkylation sites (tertiary alicyclic amines) is 1. The van der Waals surface area contributed by atoms with Crippen molar-refractivity contribution >= 4 is 17.7 Å². The van der Waals surface area contributed by atoms with E-state index in [2.05, 4.69) is 12.2 Å². The number of thioether (sulfide) groups is 1. The van der Waals surface area contributed by atoms with Crippen LogP contribution in [-0.4, -0.2) is 48.0 Å². The van der Waals surface area contributed by atoms with Crippen LogP contribution in [0.4, 0.5) is 0 Å². The van der Waals surface area contributed by atoms with E-state index in [1.165, 1.54) is 0 Å². The number of hydrogen-bond acceptors (Lipinski definition) is 5. The molecule has 0 radical (unpaired) electrons. The Morgan fingerprint density at radius 1 is 1.33 bits per heavy atom. The molecule has 1 fully saturated rings. The lowest BCUT2D eigenvalue weighted by Gasteiger charge is -2.18. The number of ether oxygens (including phenoxy) is 2. The van der Waals surface area contributed by atoms with Crippen LogP contribution in [-0.2, 0) is 16.1 Å². The molecule has 6 heteroatoms. The summed E-state index contributed by atoms with van der Waals surface area (Å²) in [5, 5.41) is 9.42. The Bertz CT molecular complexity index is 739. The zero-order valence-electron chi connectivity index (χ0n) is 15.5. The van der Waals surface area contributed by atoms with Crippen LogP contribution >= 0.6 is 11.8 Å². The zero-order valence-corrected chi connectivity index (χ0v) is 16.3. The van der Waals surface area contributed by atoms with Gasteiger partial charge in [-0.15, -0.1) is 11.8 Å². The molecule has 1 N–H and O–H groups in total. The number of nitrogens with zero attached hydrogens (tertiary/aromatic N) is 1. The van der Waals surface area contributed by atoms with Gasteiger partial charge < -0.3 is 19.5 Å². The van der Waals surface area contributed by atoms with E-state index in [4.69, 9.17) is 14.6 Å². The highest BCUT2D eigenvalue weighted by molar-refractivity contribution is 8.03. The molecule has 2 aliphatic rings. The van der Waals surface area contributed by atoms with Gasteiger partial charge in [0.05, 0.1) is 13.7 Å². The molecular weight excluding hydrogens is 362 g/mol. The third-order valence-electron chi connectivity index (χ3n) is 4.55. The number of allylic oxidation sites excluding steroid dienone is 4. The van der Waals surface area contributed by atoms with Crippen LogP contribution in [0, 0.1) is 0 Å². The first-order chi connectivity index (χ1) is 13.2. The van der Waals surface area contributed by atoms with Crippen molar-refractivity contribution in [2.24, 2.45) is 0 Å². The van der Waals surface area contributed by atoms with Crippen molar-refractivity contribution in [3.63, 3.8) is 0 Å². The molecule has 1 atom stereocenters. The Balaban J connectivity index is 1.48. The summed E-state index contributed by atoms with van der Waals surface area (Å²) in [5.41, 5.74) is 0.820. The first kappa shape index (κ1) is 19.6. The Kier molecular flexibility index (Phi) is 7.01. The van der Waals surface area contributed by atoms with Gasteiger partial charge in [-0.05, 0) is 36.6 Å². The molecule has 27 heavy (non-hydrogen) atoms. The van der Waals surface area contributed by atoms with Crippen LogP contribution in [0.1, 0.15) is 18.4 Å². The molecule has 1 unspecified atom stereocenters. The molecule has 5 nitrogen and oxygen atoms in total. The topological polar surface area (TPSA) is 59.0 Å². The van der Waals surface area contributed by atoms with Crippen molar-refractivity contribution in [2.75, 3.05) is 26.8 Å². The number of benzene rings is 1. The monoisotopic (exact) mass is 387 g/mol. The van der Waals surface area contributed by atoms with Gasteiger partial charge in [0.2, 0.25) is 0 Å². The lowest BCUT2D eigenvalue weighted by molar-refractivity contribution is -0.132. The average Bonchev–Trinajstić information content (AvgIpc) is 3.05. The second-order valence-corrected chi connectivity index (χ2v) is 7.77. The number of aliphatic hydroxyl groups excluding tert-OH is 1. The molecule has 1 saturated heterocycles. The van der Waals surface area contributed by atoms with Crippen molar-refractivity contribution in [2.45, 2.75) is 24.7 Å². The van der Waals surface area contributed by atoms with Gasteiger partial charge in [-0.1, -0.05) is 30.4 Å². The Labute approximate surface area is 164 Å². The van der Waals surface area contributed by atoms with Crippen LogP contribution in [0.5, 0.6) is 5.75 Å². The highest BCUT2D eigenvalue weighted by Crippen LogP contribution is 2.34. The number of carbonyl (C=O) groups excluding carboxylic acids is 1. The molecule has 0 bridgehead atoms.